The molecular weight excluding hydrogens is 301 g/mol. The number of halogens is 2. The van der Waals surface area contributed by atoms with E-state index in [9.17, 15) is 9.18 Å². The summed E-state index contributed by atoms with van der Waals surface area (Å²) in [6, 6.07) is 4.59. The number of hydrogen-bond acceptors (Lipinski definition) is 2. The van der Waals surface area contributed by atoms with Crippen LogP contribution in [0.4, 0.5) is 4.39 Å². The van der Waals surface area contributed by atoms with Crippen LogP contribution in [0.1, 0.15) is 23.7 Å². The monoisotopic (exact) mass is 315 g/mol. The number of amides is 1. The number of carbonyl (C=O) groups excluding carboxylic acids is 1. The molecule has 5 heteroatoms. The minimum Gasteiger partial charge on any atom is -0.377 e. The van der Waals surface area contributed by atoms with Crippen molar-refractivity contribution in [2.45, 2.75) is 19.4 Å². The highest BCUT2D eigenvalue weighted by molar-refractivity contribution is 9.10. The van der Waals surface area contributed by atoms with Gasteiger partial charge in [0.1, 0.15) is 5.82 Å². The van der Waals surface area contributed by atoms with Gasteiger partial charge in [-0.2, -0.15) is 0 Å². The Morgan fingerprint density at radius 3 is 3.11 bits per heavy atom. The number of ether oxygens (including phenoxy) is 1. The van der Waals surface area contributed by atoms with Gasteiger partial charge >= 0.3 is 0 Å². The van der Waals surface area contributed by atoms with E-state index in [1.165, 1.54) is 6.07 Å². The van der Waals surface area contributed by atoms with Crippen molar-refractivity contribution < 1.29 is 13.9 Å². The van der Waals surface area contributed by atoms with Crippen LogP contribution >= 0.6 is 15.9 Å². The highest BCUT2D eigenvalue weighted by Crippen LogP contribution is 2.23. The summed E-state index contributed by atoms with van der Waals surface area (Å²) in [5, 5.41) is 0. The molecule has 0 radical (unpaired) electrons. The topological polar surface area (TPSA) is 29.5 Å². The number of nitrogens with zero attached hydrogens (tertiary/aromatic N) is 1. The quantitative estimate of drug-likeness (QED) is 0.840. The van der Waals surface area contributed by atoms with Crippen molar-refractivity contribution in [1.82, 2.24) is 4.90 Å². The normalized spacial score (nSPS) is 19.9. The minimum absolute atomic E-state index is 0.0708. The Hall–Kier alpha value is -0.940. The maximum atomic E-state index is 13.4. The molecule has 1 heterocycles. The average molecular weight is 316 g/mol. The maximum Gasteiger partial charge on any atom is 0.255 e. The van der Waals surface area contributed by atoms with E-state index in [1.54, 1.807) is 17.0 Å². The first-order chi connectivity index (χ1) is 8.65. The van der Waals surface area contributed by atoms with E-state index in [2.05, 4.69) is 15.9 Å². The van der Waals surface area contributed by atoms with Crippen LogP contribution in [-0.2, 0) is 4.74 Å². The second-order valence-corrected chi connectivity index (χ2v) is 5.03. The van der Waals surface area contributed by atoms with Crippen LogP contribution < -0.4 is 0 Å². The summed E-state index contributed by atoms with van der Waals surface area (Å²) < 4.78 is 19.0. The lowest BCUT2D eigenvalue weighted by Gasteiger charge is -2.35. The summed E-state index contributed by atoms with van der Waals surface area (Å²) in [4.78, 5) is 14.2. The molecule has 18 heavy (non-hydrogen) atoms. The minimum atomic E-state index is -0.415. The predicted octanol–water partition coefficient (Wildman–Crippen LogP) is 2.84. The smallest absolute Gasteiger partial charge is 0.255 e. The van der Waals surface area contributed by atoms with Crippen molar-refractivity contribution in [3.63, 3.8) is 0 Å². The fourth-order valence-corrected chi connectivity index (χ4v) is 2.52. The summed E-state index contributed by atoms with van der Waals surface area (Å²) in [5.74, 6) is -0.557. The Labute approximate surface area is 114 Å². The van der Waals surface area contributed by atoms with Crippen molar-refractivity contribution in [2.24, 2.45) is 0 Å². The van der Waals surface area contributed by atoms with Crippen molar-refractivity contribution in [1.29, 1.82) is 0 Å². The molecule has 1 saturated heterocycles. The molecule has 1 amide bonds. The van der Waals surface area contributed by atoms with Gasteiger partial charge in [-0.1, -0.05) is 13.0 Å². The molecule has 1 aliphatic heterocycles. The molecule has 0 aliphatic carbocycles. The molecule has 0 spiro atoms. The van der Waals surface area contributed by atoms with Gasteiger partial charge < -0.3 is 9.64 Å². The molecule has 1 fully saturated rings. The zero-order valence-electron chi connectivity index (χ0n) is 10.2. The zero-order chi connectivity index (χ0) is 13.1. The molecule has 1 aliphatic rings. The zero-order valence-corrected chi connectivity index (χ0v) is 11.7. The van der Waals surface area contributed by atoms with E-state index in [1.807, 2.05) is 6.92 Å². The van der Waals surface area contributed by atoms with Crippen LogP contribution in [0.3, 0.4) is 0 Å². The van der Waals surface area contributed by atoms with Gasteiger partial charge in [-0.15, -0.1) is 0 Å². The predicted molar refractivity (Wildman–Crippen MR) is 70.0 cm³/mol. The number of hydrogen-bond donors (Lipinski definition) is 0. The van der Waals surface area contributed by atoms with E-state index in [0.29, 0.717) is 25.3 Å². The third-order valence-electron chi connectivity index (χ3n) is 3.14. The lowest BCUT2D eigenvalue weighted by molar-refractivity contribution is -0.00287. The molecule has 0 aromatic heterocycles. The van der Waals surface area contributed by atoms with Gasteiger partial charge in [0, 0.05) is 6.54 Å². The first kappa shape index (κ1) is 13.5. The average Bonchev–Trinajstić information content (AvgIpc) is 2.41. The number of carbonyl (C=O) groups is 1. The fourth-order valence-electron chi connectivity index (χ4n) is 2.08. The van der Waals surface area contributed by atoms with Crippen LogP contribution in [0.15, 0.2) is 22.7 Å². The molecule has 1 aromatic carbocycles. The molecule has 2 rings (SSSR count). The van der Waals surface area contributed by atoms with Gasteiger partial charge in [0.15, 0.2) is 0 Å². The molecule has 0 N–H and O–H groups in total. The molecule has 0 bridgehead atoms. The SMILES string of the molecule is CCC1COCCN1C(=O)c1cccc(F)c1Br. The van der Waals surface area contributed by atoms with Gasteiger partial charge in [0.05, 0.1) is 29.3 Å². The van der Waals surface area contributed by atoms with Gasteiger partial charge in [-0.05, 0) is 34.5 Å². The lowest BCUT2D eigenvalue weighted by atomic mass is 10.1. The third-order valence-corrected chi connectivity index (χ3v) is 3.95. The Morgan fingerprint density at radius 2 is 2.39 bits per heavy atom. The second kappa shape index (κ2) is 5.80. The molecule has 1 unspecified atom stereocenters. The molecule has 1 aromatic rings. The molecule has 98 valence electrons. The molecular formula is C13H15BrFNO2. The first-order valence-electron chi connectivity index (χ1n) is 5.98. The Kier molecular flexibility index (Phi) is 4.35. The van der Waals surface area contributed by atoms with E-state index in [4.69, 9.17) is 4.74 Å². The summed E-state index contributed by atoms with van der Waals surface area (Å²) in [5.41, 5.74) is 0.371. The summed E-state index contributed by atoms with van der Waals surface area (Å²) in [6.45, 7) is 3.66. The fraction of sp³-hybridized carbons (Fsp3) is 0.462. The van der Waals surface area contributed by atoms with Gasteiger partial charge in [-0.25, -0.2) is 4.39 Å². The Bertz CT molecular complexity index is 453. The number of rotatable bonds is 2. The van der Waals surface area contributed by atoms with Crippen LogP contribution in [-0.4, -0.2) is 36.6 Å². The van der Waals surface area contributed by atoms with Crippen molar-refractivity contribution in [3.05, 3.63) is 34.1 Å². The van der Waals surface area contributed by atoms with Crippen LogP contribution in [0, 0.1) is 5.82 Å². The summed E-state index contributed by atoms with van der Waals surface area (Å²) >= 11 is 3.14. The Balaban J connectivity index is 2.27. The highest BCUT2D eigenvalue weighted by Gasteiger charge is 2.28. The van der Waals surface area contributed by atoms with E-state index < -0.39 is 5.82 Å². The Morgan fingerprint density at radius 1 is 1.61 bits per heavy atom. The van der Waals surface area contributed by atoms with E-state index >= 15 is 0 Å². The van der Waals surface area contributed by atoms with Gasteiger partial charge in [0.2, 0.25) is 0 Å². The third kappa shape index (κ3) is 2.57. The lowest BCUT2D eigenvalue weighted by Crippen LogP contribution is -2.48. The van der Waals surface area contributed by atoms with Gasteiger partial charge in [0.25, 0.3) is 5.91 Å². The summed E-state index contributed by atoms with van der Waals surface area (Å²) in [6.07, 6.45) is 0.832. The second-order valence-electron chi connectivity index (χ2n) is 4.24. The largest absolute Gasteiger partial charge is 0.377 e. The van der Waals surface area contributed by atoms with Crippen LogP contribution in [0.2, 0.25) is 0 Å². The van der Waals surface area contributed by atoms with Crippen molar-refractivity contribution in [2.75, 3.05) is 19.8 Å². The highest BCUT2D eigenvalue weighted by atomic mass is 79.9. The standard InChI is InChI=1S/C13H15BrFNO2/c1-2-9-8-18-7-6-16(9)13(17)10-4-3-5-11(15)12(10)14/h3-5,9H,2,6-8H2,1H3. The molecule has 3 nitrogen and oxygen atoms in total. The number of morpholine rings is 1. The van der Waals surface area contributed by atoms with Gasteiger partial charge in [-0.3, -0.25) is 4.79 Å². The van der Waals surface area contributed by atoms with Crippen LogP contribution in [0.25, 0.3) is 0 Å². The molecule has 0 saturated carbocycles. The van der Waals surface area contributed by atoms with Crippen LogP contribution in [0.5, 0.6) is 0 Å². The first-order valence-corrected chi connectivity index (χ1v) is 6.77. The van der Waals surface area contributed by atoms with E-state index in [-0.39, 0.29) is 16.4 Å². The maximum absolute atomic E-state index is 13.4. The molecule has 1 atom stereocenters. The van der Waals surface area contributed by atoms with E-state index in [0.717, 1.165) is 6.42 Å². The van der Waals surface area contributed by atoms with Crippen molar-refractivity contribution >= 4 is 21.8 Å². The summed E-state index contributed by atoms with van der Waals surface area (Å²) in [7, 11) is 0. The number of benzene rings is 1. The van der Waals surface area contributed by atoms with Crippen molar-refractivity contribution in [3.8, 4) is 0 Å².